The van der Waals surface area contributed by atoms with Gasteiger partial charge in [0.1, 0.15) is 5.82 Å². The molecule has 5 N–H and O–H groups in total. The molecule has 140 valence electrons. The SMILES string of the molecule is CCOC1CCC(Nc2ncc(C(N)=O)c(NC(C)(C)CO)n2)CC1. The van der Waals surface area contributed by atoms with Crippen molar-refractivity contribution in [3.8, 4) is 0 Å². The molecule has 0 unspecified atom stereocenters. The molecule has 0 aliphatic heterocycles. The number of rotatable bonds is 8. The normalized spacial score (nSPS) is 21.0. The number of nitrogens with zero attached hydrogens (tertiary/aromatic N) is 2. The van der Waals surface area contributed by atoms with E-state index in [4.69, 9.17) is 10.5 Å². The number of carbonyl (C=O) groups excluding carboxylic acids is 1. The highest BCUT2D eigenvalue weighted by molar-refractivity contribution is 5.97. The highest BCUT2D eigenvalue weighted by Crippen LogP contribution is 2.24. The van der Waals surface area contributed by atoms with Gasteiger partial charge in [-0.1, -0.05) is 0 Å². The number of nitrogens with two attached hydrogens (primary N) is 1. The first kappa shape index (κ1) is 19.4. The predicted molar refractivity (Wildman–Crippen MR) is 96.6 cm³/mol. The fourth-order valence-corrected chi connectivity index (χ4v) is 2.88. The summed E-state index contributed by atoms with van der Waals surface area (Å²) in [7, 11) is 0. The molecule has 1 saturated carbocycles. The average Bonchev–Trinajstić information content (AvgIpc) is 2.56. The molecule has 8 nitrogen and oxygen atoms in total. The minimum Gasteiger partial charge on any atom is -0.394 e. The maximum absolute atomic E-state index is 11.6. The van der Waals surface area contributed by atoms with Crippen LogP contribution in [0.4, 0.5) is 11.8 Å². The minimum atomic E-state index is -0.634. The maximum Gasteiger partial charge on any atom is 0.254 e. The third kappa shape index (κ3) is 5.54. The molecule has 2 rings (SSSR count). The van der Waals surface area contributed by atoms with Gasteiger partial charge in [0, 0.05) is 18.8 Å². The number of anilines is 2. The van der Waals surface area contributed by atoms with Gasteiger partial charge in [0.15, 0.2) is 0 Å². The Hall–Kier alpha value is -1.93. The van der Waals surface area contributed by atoms with Crippen molar-refractivity contribution >= 4 is 17.7 Å². The lowest BCUT2D eigenvalue weighted by Crippen LogP contribution is -2.36. The van der Waals surface area contributed by atoms with Gasteiger partial charge >= 0.3 is 0 Å². The second-order valence-corrected chi connectivity index (χ2v) is 7.06. The zero-order valence-electron chi connectivity index (χ0n) is 15.2. The van der Waals surface area contributed by atoms with Crippen LogP contribution in [-0.4, -0.2) is 51.9 Å². The van der Waals surface area contributed by atoms with E-state index in [0.717, 1.165) is 32.3 Å². The summed E-state index contributed by atoms with van der Waals surface area (Å²) >= 11 is 0. The van der Waals surface area contributed by atoms with Gasteiger partial charge in [-0.3, -0.25) is 4.79 Å². The van der Waals surface area contributed by atoms with Crippen molar-refractivity contribution in [2.45, 2.75) is 64.1 Å². The first-order valence-corrected chi connectivity index (χ1v) is 8.78. The van der Waals surface area contributed by atoms with Crippen molar-refractivity contribution in [2.24, 2.45) is 5.73 Å². The summed E-state index contributed by atoms with van der Waals surface area (Å²) in [5.41, 5.74) is 4.96. The van der Waals surface area contributed by atoms with E-state index < -0.39 is 11.4 Å². The van der Waals surface area contributed by atoms with E-state index in [-0.39, 0.29) is 18.2 Å². The Morgan fingerprint density at radius 2 is 2.08 bits per heavy atom. The molecule has 8 heteroatoms. The van der Waals surface area contributed by atoms with Gasteiger partial charge in [0.25, 0.3) is 5.91 Å². The quantitative estimate of drug-likeness (QED) is 0.560. The topological polar surface area (TPSA) is 122 Å². The smallest absolute Gasteiger partial charge is 0.254 e. The highest BCUT2D eigenvalue weighted by Gasteiger charge is 2.24. The number of carbonyl (C=O) groups is 1. The zero-order valence-corrected chi connectivity index (χ0v) is 15.2. The Morgan fingerprint density at radius 1 is 1.40 bits per heavy atom. The van der Waals surface area contributed by atoms with Crippen LogP contribution < -0.4 is 16.4 Å². The zero-order chi connectivity index (χ0) is 18.4. The molecule has 1 aliphatic rings. The third-order valence-electron chi connectivity index (χ3n) is 4.32. The number of hydrogen-bond donors (Lipinski definition) is 4. The molecule has 1 heterocycles. The Morgan fingerprint density at radius 3 is 2.64 bits per heavy atom. The van der Waals surface area contributed by atoms with Crippen LogP contribution in [0.2, 0.25) is 0 Å². The van der Waals surface area contributed by atoms with Crippen LogP contribution in [0.5, 0.6) is 0 Å². The lowest BCUT2D eigenvalue weighted by molar-refractivity contribution is 0.0346. The van der Waals surface area contributed by atoms with Crippen LogP contribution in [0.25, 0.3) is 0 Å². The summed E-state index contributed by atoms with van der Waals surface area (Å²) < 4.78 is 5.67. The minimum absolute atomic E-state index is 0.112. The number of nitrogens with one attached hydrogen (secondary N) is 2. The van der Waals surface area contributed by atoms with Gasteiger partial charge in [-0.15, -0.1) is 0 Å². The Labute approximate surface area is 148 Å². The Bertz CT molecular complexity index is 586. The largest absolute Gasteiger partial charge is 0.394 e. The van der Waals surface area contributed by atoms with E-state index in [1.165, 1.54) is 6.20 Å². The van der Waals surface area contributed by atoms with E-state index in [0.29, 0.717) is 17.9 Å². The summed E-state index contributed by atoms with van der Waals surface area (Å²) in [4.78, 5) is 20.2. The van der Waals surface area contributed by atoms with E-state index >= 15 is 0 Å². The molecule has 25 heavy (non-hydrogen) atoms. The molecule has 1 fully saturated rings. The standard InChI is InChI=1S/C17H29N5O3/c1-4-25-12-7-5-11(6-8-12)20-16-19-9-13(14(18)24)15(21-16)22-17(2,3)10-23/h9,11-12,23H,4-8,10H2,1-3H3,(H2,18,24)(H2,19,20,21,22). The summed E-state index contributed by atoms with van der Waals surface area (Å²) in [5, 5.41) is 15.8. The molecule has 0 aromatic carbocycles. The van der Waals surface area contributed by atoms with Crippen LogP contribution in [0.15, 0.2) is 6.20 Å². The molecular formula is C17H29N5O3. The van der Waals surface area contributed by atoms with Gasteiger partial charge in [-0.25, -0.2) is 4.98 Å². The molecule has 0 spiro atoms. The highest BCUT2D eigenvalue weighted by atomic mass is 16.5. The van der Waals surface area contributed by atoms with Crippen molar-refractivity contribution in [3.63, 3.8) is 0 Å². The van der Waals surface area contributed by atoms with Crippen molar-refractivity contribution in [2.75, 3.05) is 23.8 Å². The average molecular weight is 351 g/mol. The lowest BCUT2D eigenvalue weighted by atomic mass is 9.93. The molecule has 1 aromatic heterocycles. The van der Waals surface area contributed by atoms with Gasteiger partial charge in [-0.2, -0.15) is 4.98 Å². The fraction of sp³-hybridized carbons (Fsp3) is 0.706. The second kappa shape index (κ2) is 8.44. The monoisotopic (exact) mass is 351 g/mol. The van der Waals surface area contributed by atoms with Crippen molar-refractivity contribution in [1.82, 2.24) is 9.97 Å². The molecule has 1 aromatic rings. The van der Waals surface area contributed by atoms with Crippen LogP contribution >= 0.6 is 0 Å². The van der Waals surface area contributed by atoms with Crippen LogP contribution in [-0.2, 0) is 4.74 Å². The van der Waals surface area contributed by atoms with E-state index in [2.05, 4.69) is 20.6 Å². The number of hydrogen-bond acceptors (Lipinski definition) is 7. The van der Waals surface area contributed by atoms with Crippen molar-refractivity contribution in [1.29, 1.82) is 0 Å². The van der Waals surface area contributed by atoms with Crippen molar-refractivity contribution < 1.29 is 14.6 Å². The van der Waals surface area contributed by atoms with E-state index in [1.54, 1.807) is 0 Å². The van der Waals surface area contributed by atoms with Gasteiger partial charge in [0.05, 0.1) is 23.8 Å². The first-order chi connectivity index (χ1) is 11.8. The first-order valence-electron chi connectivity index (χ1n) is 8.78. The number of ether oxygens (including phenoxy) is 1. The van der Waals surface area contributed by atoms with Crippen LogP contribution in [0, 0.1) is 0 Å². The van der Waals surface area contributed by atoms with Crippen molar-refractivity contribution in [3.05, 3.63) is 11.8 Å². The summed E-state index contributed by atoms with van der Waals surface area (Å²) in [5.74, 6) is 0.160. The molecular weight excluding hydrogens is 322 g/mol. The van der Waals surface area contributed by atoms with Crippen LogP contribution in [0.3, 0.4) is 0 Å². The summed E-state index contributed by atoms with van der Waals surface area (Å²) in [6.07, 6.45) is 5.73. The number of amides is 1. The maximum atomic E-state index is 11.6. The number of aliphatic hydroxyl groups is 1. The molecule has 0 saturated heterocycles. The molecule has 1 aliphatic carbocycles. The molecule has 0 bridgehead atoms. The fourth-order valence-electron chi connectivity index (χ4n) is 2.88. The molecule has 1 amide bonds. The predicted octanol–water partition coefficient (Wildman–Crippen LogP) is 1.52. The Kier molecular flexibility index (Phi) is 6.55. The van der Waals surface area contributed by atoms with Gasteiger partial charge < -0.3 is 26.2 Å². The van der Waals surface area contributed by atoms with Gasteiger partial charge in [-0.05, 0) is 46.5 Å². The van der Waals surface area contributed by atoms with Gasteiger partial charge in [0.2, 0.25) is 5.95 Å². The third-order valence-corrected chi connectivity index (χ3v) is 4.32. The van der Waals surface area contributed by atoms with E-state index in [9.17, 15) is 9.90 Å². The summed E-state index contributed by atoms with van der Waals surface area (Å²) in [6.45, 7) is 6.26. The van der Waals surface area contributed by atoms with Crippen LogP contribution in [0.1, 0.15) is 56.8 Å². The number of aromatic nitrogens is 2. The molecule has 0 radical (unpaired) electrons. The van der Waals surface area contributed by atoms with E-state index in [1.807, 2.05) is 20.8 Å². The summed E-state index contributed by atoms with van der Waals surface area (Å²) in [6, 6.07) is 0.273. The lowest BCUT2D eigenvalue weighted by Gasteiger charge is -2.29. The number of aliphatic hydroxyl groups excluding tert-OH is 1. The Balaban J connectivity index is 2.08. The molecule has 0 atom stereocenters. The second-order valence-electron chi connectivity index (χ2n) is 7.06. The number of primary amides is 1.